The van der Waals surface area contributed by atoms with Gasteiger partial charge < -0.3 is 15.5 Å². The van der Waals surface area contributed by atoms with Crippen molar-refractivity contribution in [1.82, 2.24) is 20.5 Å². The van der Waals surface area contributed by atoms with Gasteiger partial charge in [-0.05, 0) is 43.2 Å². The van der Waals surface area contributed by atoms with Crippen LogP contribution in [0.5, 0.6) is 0 Å². The van der Waals surface area contributed by atoms with E-state index < -0.39 is 0 Å². The van der Waals surface area contributed by atoms with Crippen molar-refractivity contribution in [3.63, 3.8) is 0 Å². The summed E-state index contributed by atoms with van der Waals surface area (Å²) in [6.07, 6.45) is 2.46. The van der Waals surface area contributed by atoms with Gasteiger partial charge >= 0.3 is 0 Å². The van der Waals surface area contributed by atoms with E-state index in [1.807, 2.05) is 25.1 Å². The van der Waals surface area contributed by atoms with Crippen molar-refractivity contribution in [3.8, 4) is 0 Å². The summed E-state index contributed by atoms with van der Waals surface area (Å²) in [7, 11) is 1.78. The van der Waals surface area contributed by atoms with Gasteiger partial charge in [0.15, 0.2) is 5.96 Å². The molecule has 28 heavy (non-hydrogen) atoms. The monoisotopic (exact) mass is 385 g/mol. The summed E-state index contributed by atoms with van der Waals surface area (Å²) in [5.41, 5.74) is 2.46. The minimum atomic E-state index is -0.225. The van der Waals surface area contributed by atoms with Crippen LogP contribution in [0, 0.1) is 12.7 Å². The molecular formula is C21H28FN5O. The lowest BCUT2D eigenvalue weighted by atomic mass is 10.1. The molecule has 0 spiro atoms. The molecule has 0 saturated carbocycles. The number of carbonyl (C=O) groups is 1. The Bertz CT molecular complexity index is 795. The molecule has 0 fully saturated rings. The van der Waals surface area contributed by atoms with Crippen molar-refractivity contribution < 1.29 is 9.18 Å². The first-order valence-corrected chi connectivity index (χ1v) is 9.40. The Kier molecular flexibility index (Phi) is 8.39. The molecule has 1 aromatic carbocycles. The number of halogens is 1. The molecule has 6 nitrogen and oxygen atoms in total. The highest BCUT2D eigenvalue weighted by molar-refractivity contribution is 5.86. The van der Waals surface area contributed by atoms with E-state index in [2.05, 4.69) is 20.6 Å². The first kappa shape index (κ1) is 21.3. The second-order valence-electron chi connectivity index (χ2n) is 6.52. The molecule has 150 valence electrons. The van der Waals surface area contributed by atoms with E-state index in [-0.39, 0.29) is 18.3 Å². The number of aryl methyl sites for hydroxylation is 1. The number of nitrogens with one attached hydrogen (secondary N) is 2. The number of rotatable bonds is 8. The Hall–Kier alpha value is -2.96. The topological polar surface area (TPSA) is 69.6 Å². The second kappa shape index (κ2) is 11.0. The molecular weight excluding hydrogens is 357 g/mol. The van der Waals surface area contributed by atoms with Crippen molar-refractivity contribution in [2.24, 2.45) is 4.99 Å². The average Bonchev–Trinajstić information content (AvgIpc) is 2.71. The van der Waals surface area contributed by atoms with E-state index in [0.29, 0.717) is 37.6 Å². The number of nitrogens with zero attached hydrogens (tertiary/aromatic N) is 3. The maximum absolute atomic E-state index is 13.4. The van der Waals surface area contributed by atoms with Crippen molar-refractivity contribution in [3.05, 3.63) is 65.2 Å². The molecule has 0 bridgehead atoms. The number of carbonyl (C=O) groups excluding carboxylic acids is 1. The highest BCUT2D eigenvalue weighted by atomic mass is 19.1. The summed E-state index contributed by atoms with van der Waals surface area (Å²) in [6.45, 7) is 5.51. The number of guanidine groups is 1. The van der Waals surface area contributed by atoms with E-state index in [1.165, 1.54) is 6.07 Å². The molecule has 1 amide bonds. The van der Waals surface area contributed by atoms with Crippen LogP contribution < -0.4 is 10.6 Å². The third kappa shape index (κ3) is 6.98. The zero-order chi connectivity index (χ0) is 20.4. The van der Waals surface area contributed by atoms with Crippen molar-refractivity contribution >= 4 is 11.9 Å². The van der Waals surface area contributed by atoms with Crippen LogP contribution in [-0.4, -0.2) is 48.4 Å². The Morgan fingerprint density at radius 1 is 1.25 bits per heavy atom. The first-order chi connectivity index (χ1) is 13.5. The molecule has 1 heterocycles. The average molecular weight is 385 g/mol. The number of hydrogen-bond acceptors (Lipinski definition) is 3. The molecule has 2 rings (SSSR count). The van der Waals surface area contributed by atoms with Crippen LogP contribution in [0.3, 0.4) is 0 Å². The first-order valence-electron chi connectivity index (χ1n) is 9.40. The molecule has 0 aliphatic rings. The highest BCUT2D eigenvalue weighted by Crippen LogP contribution is 2.10. The van der Waals surface area contributed by atoms with Gasteiger partial charge in [0.25, 0.3) is 0 Å². The molecule has 0 atom stereocenters. The third-order valence-electron chi connectivity index (χ3n) is 4.25. The van der Waals surface area contributed by atoms with Crippen LogP contribution in [0.25, 0.3) is 0 Å². The maximum atomic E-state index is 13.4. The maximum Gasteiger partial charge on any atom is 0.241 e. The molecule has 0 saturated heterocycles. The second-order valence-corrected chi connectivity index (χ2v) is 6.52. The summed E-state index contributed by atoms with van der Waals surface area (Å²) in [4.78, 5) is 22.8. The van der Waals surface area contributed by atoms with Crippen LogP contribution in [0.1, 0.15) is 23.7 Å². The summed E-state index contributed by atoms with van der Waals surface area (Å²) in [6, 6.07) is 10.7. The zero-order valence-electron chi connectivity index (χ0n) is 16.7. The molecule has 0 unspecified atom stereocenters. The number of likely N-dealkylation sites (N-methyl/N-ethyl adjacent to an activating group) is 1. The van der Waals surface area contributed by atoms with E-state index in [4.69, 9.17) is 0 Å². The summed E-state index contributed by atoms with van der Waals surface area (Å²) in [5.74, 6) is 0.298. The van der Waals surface area contributed by atoms with Crippen LogP contribution in [-0.2, 0) is 17.8 Å². The minimum Gasteiger partial charge on any atom is -0.357 e. The largest absolute Gasteiger partial charge is 0.357 e. The zero-order valence-corrected chi connectivity index (χ0v) is 16.7. The van der Waals surface area contributed by atoms with Gasteiger partial charge in [-0.2, -0.15) is 0 Å². The molecule has 1 aromatic heterocycles. The van der Waals surface area contributed by atoms with Gasteiger partial charge in [0.2, 0.25) is 5.91 Å². The minimum absolute atomic E-state index is 0.0286. The van der Waals surface area contributed by atoms with Crippen LogP contribution in [0.15, 0.2) is 47.6 Å². The van der Waals surface area contributed by atoms with Gasteiger partial charge in [0, 0.05) is 38.4 Å². The van der Waals surface area contributed by atoms with E-state index >= 15 is 0 Å². The molecule has 7 heteroatoms. The van der Waals surface area contributed by atoms with Crippen LogP contribution in [0.2, 0.25) is 0 Å². The summed E-state index contributed by atoms with van der Waals surface area (Å²) < 4.78 is 13.4. The normalized spacial score (nSPS) is 11.2. The van der Waals surface area contributed by atoms with Gasteiger partial charge in [0.05, 0.1) is 13.1 Å². The van der Waals surface area contributed by atoms with Gasteiger partial charge in [-0.15, -0.1) is 0 Å². The molecule has 0 aliphatic carbocycles. The fourth-order valence-electron chi connectivity index (χ4n) is 2.56. The van der Waals surface area contributed by atoms with Crippen molar-refractivity contribution in [1.29, 1.82) is 0 Å². The number of benzene rings is 1. The number of amides is 1. The molecule has 0 radical (unpaired) electrons. The SMILES string of the molecule is CCNC(=NCc1ccc(F)c(C)c1)NCC(=O)N(C)CCc1ccccn1. The Labute approximate surface area is 165 Å². The van der Waals surface area contributed by atoms with E-state index in [9.17, 15) is 9.18 Å². The number of aromatic nitrogens is 1. The Balaban J connectivity index is 1.85. The van der Waals surface area contributed by atoms with E-state index in [1.54, 1.807) is 37.2 Å². The van der Waals surface area contributed by atoms with Crippen LogP contribution >= 0.6 is 0 Å². The van der Waals surface area contributed by atoms with Gasteiger partial charge in [0.1, 0.15) is 5.82 Å². The summed E-state index contributed by atoms with van der Waals surface area (Å²) >= 11 is 0. The lowest BCUT2D eigenvalue weighted by Crippen LogP contribution is -2.44. The predicted octanol–water partition coefficient (Wildman–Crippen LogP) is 2.29. The smallest absolute Gasteiger partial charge is 0.241 e. The summed E-state index contributed by atoms with van der Waals surface area (Å²) in [5, 5.41) is 6.17. The van der Waals surface area contributed by atoms with E-state index in [0.717, 1.165) is 11.3 Å². The van der Waals surface area contributed by atoms with Crippen molar-refractivity contribution in [2.75, 3.05) is 26.7 Å². The highest BCUT2D eigenvalue weighted by Gasteiger charge is 2.10. The Morgan fingerprint density at radius 2 is 2.07 bits per heavy atom. The van der Waals surface area contributed by atoms with Crippen molar-refractivity contribution in [2.45, 2.75) is 26.8 Å². The predicted molar refractivity (Wildman–Crippen MR) is 110 cm³/mol. The molecule has 2 N–H and O–H groups in total. The lowest BCUT2D eigenvalue weighted by molar-refractivity contribution is -0.128. The van der Waals surface area contributed by atoms with Crippen LogP contribution in [0.4, 0.5) is 4.39 Å². The fraction of sp³-hybridized carbons (Fsp3) is 0.381. The number of pyridine rings is 1. The number of hydrogen-bond donors (Lipinski definition) is 2. The van der Waals surface area contributed by atoms with Gasteiger partial charge in [-0.1, -0.05) is 18.2 Å². The molecule has 2 aromatic rings. The number of aliphatic imine (C=N–C) groups is 1. The Morgan fingerprint density at radius 3 is 2.75 bits per heavy atom. The van der Waals surface area contributed by atoms with Gasteiger partial charge in [-0.3, -0.25) is 9.78 Å². The lowest BCUT2D eigenvalue weighted by Gasteiger charge is -2.18. The molecule has 0 aliphatic heterocycles. The quantitative estimate of drug-likeness (QED) is 0.540. The standard InChI is InChI=1S/C21H28FN5O/c1-4-23-21(25-14-17-8-9-19(22)16(2)13-17)26-15-20(28)27(3)12-10-18-7-5-6-11-24-18/h5-9,11,13H,4,10,12,14-15H2,1-3H3,(H2,23,25,26). The fourth-order valence-corrected chi connectivity index (χ4v) is 2.56. The van der Waals surface area contributed by atoms with Gasteiger partial charge in [-0.25, -0.2) is 9.38 Å². The third-order valence-corrected chi connectivity index (χ3v) is 4.25.